The summed E-state index contributed by atoms with van der Waals surface area (Å²) in [5.74, 6) is 0.0283. The molecule has 2 heterocycles. The lowest BCUT2D eigenvalue weighted by Crippen LogP contribution is -2.16. The Morgan fingerprint density at radius 3 is 2.76 bits per heavy atom. The summed E-state index contributed by atoms with van der Waals surface area (Å²) in [5.41, 5.74) is 2.72. The second kappa shape index (κ2) is 5.90. The quantitative estimate of drug-likeness (QED) is 0.843. The molecular weight excluding hydrogens is 272 g/mol. The molecule has 0 aliphatic carbocycles. The summed E-state index contributed by atoms with van der Waals surface area (Å²) in [6, 6.07) is 1.46. The van der Waals surface area contributed by atoms with E-state index in [1.807, 2.05) is 20.8 Å². The summed E-state index contributed by atoms with van der Waals surface area (Å²) in [4.78, 5) is 30.1. The van der Waals surface area contributed by atoms with Crippen LogP contribution in [0.5, 0.6) is 0 Å². The summed E-state index contributed by atoms with van der Waals surface area (Å²) in [6.45, 7) is 5.57. The van der Waals surface area contributed by atoms with Crippen molar-refractivity contribution in [3.8, 4) is 5.95 Å². The van der Waals surface area contributed by atoms with E-state index in [0.717, 1.165) is 11.3 Å². The highest BCUT2D eigenvalue weighted by Crippen LogP contribution is 2.16. The lowest BCUT2D eigenvalue weighted by molar-refractivity contribution is -0.139. The van der Waals surface area contributed by atoms with Crippen molar-refractivity contribution in [3.63, 3.8) is 0 Å². The molecule has 0 aromatic carbocycles. The van der Waals surface area contributed by atoms with E-state index in [2.05, 4.69) is 19.8 Å². The van der Waals surface area contributed by atoms with Crippen molar-refractivity contribution in [1.29, 1.82) is 0 Å². The first-order chi connectivity index (χ1) is 9.96. The molecule has 0 amide bonds. The Morgan fingerprint density at radius 2 is 2.14 bits per heavy atom. The molecule has 2 aromatic rings. The fourth-order valence-corrected chi connectivity index (χ4v) is 2.13. The number of methoxy groups -OCH3 is 1. The SMILES string of the molecule is CCc1cc(=O)[nH]c(-n2nc(C)c(CC(=O)OC)c2C)n1. The molecule has 0 aliphatic rings. The van der Waals surface area contributed by atoms with Crippen LogP contribution in [0, 0.1) is 13.8 Å². The molecule has 0 radical (unpaired) electrons. The number of nitrogens with zero attached hydrogens (tertiary/aromatic N) is 3. The van der Waals surface area contributed by atoms with Crippen molar-refractivity contribution in [3.05, 3.63) is 39.1 Å². The van der Waals surface area contributed by atoms with Gasteiger partial charge < -0.3 is 4.74 Å². The van der Waals surface area contributed by atoms with Crippen LogP contribution in [0.1, 0.15) is 29.6 Å². The number of ether oxygens (including phenoxy) is 1. The van der Waals surface area contributed by atoms with E-state index in [4.69, 9.17) is 0 Å². The Morgan fingerprint density at radius 1 is 1.43 bits per heavy atom. The van der Waals surface area contributed by atoms with Gasteiger partial charge in [0.15, 0.2) is 0 Å². The van der Waals surface area contributed by atoms with E-state index in [1.165, 1.54) is 13.2 Å². The van der Waals surface area contributed by atoms with Gasteiger partial charge >= 0.3 is 5.97 Å². The average Bonchev–Trinajstić information content (AvgIpc) is 2.74. The molecule has 1 N–H and O–H groups in total. The first kappa shape index (κ1) is 15.0. The normalized spacial score (nSPS) is 10.7. The number of aryl methyl sites for hydroxylation is 2. The smallest absolute Gasteiger partial charge is 0.310 e. The Labute approximate surface area is 122 Å². The topological polar surface area (TPSA) is 89.9 Å². The van der Waals surface area contributed by atoms with Crippen molar-refractivity contribution in [2.45, 2.75) is 33.6 Å². The third-order valence-electron chi connectivity index (χ3n) is 3.34. The number of esters is 1. The largest absolute Gasteiger partial charge is 0.469 e. The number of rotatable bonds is 4. The van der Waals surface area contributed by atoms with Crippen LogP contribution in [0.3, 0.4) is 0 Å². The minimum Gasteiger partial charge on any atom is -0.469 e. The second-order valence-electron chi connectivity index (χ2n) is 4.73. The van der Waals surface area contributed by atoms with Crippen molar-refractivity contribution in [2.24, 2.45) is 0 Å². The highest BCUT2D eigenvalue weighted by Gasteiger charge is 2.17. The molecule has 0 unspecified atom stereocenters. The van der Waals surface area contributed by atoms with Crippen LogP contribution in [0.15, 0.2) is 10.9 Å². The van der Waals surface area contributed by atoms with Gasteiger partial charge in [-0.25, -0.2) is 9.67 Å². The van der Waals surface area contributed by atoms with Gasteiger partial charge in [-0.05, 0) is 20.3 Å². The van der Waals surface area contributed by atoms with Gasteiger partial charge in [-0.1, -0.05) is 6.92 Å². The lowest BCUT2D eigenvalue weighted by Gasteiger charge is -2.05. The molecule has 2 aromatic heterocycles. The molecule has 0 spiro atoms. The summed E-state index contributed by atoms with van der Waals surface area (Å²) in [6.07, 6.45) is 0.803. The van der Waals surface area contributed by atoms with Gasteiger partial charge in [0.25, 0.3) is 5.56 Å². The summed E-state index contributed by atoms with van der Waals surface area (Å²) in [5, 5.41) is 4.36. The molecule has 0 saturated carbocycles. The number of hydrogen-bond acceptors (Lipinski definition) is 5. The van der Waals surface area contributed by atoms with Gasteiger partial charge in [-0.15, -0.1) is 0 Å². The molecule has 21 heavy (non-hydrogen) atoms. The first-order valence-electron chi connectivity index (χ1n) is 6.68. The molecule has 0 fully saturated rings. The Balaban J connectivity index is 2.51. The van der Waals surface area contributed by atoms with E-state index >= 15 is 0 Å². The maximum atomic E-state index is 11.7. The van der Waals surface area contributed by atoms with Crippen molar-refractivity contribution < 1.29 is 9.53 Å². The van der Waals surface area contributed by atoms with Crippen LogP contribution in [-0.2, 0) is 22.4 Å². The monoisotopic (exact) mass is 290 g/mol. The molecule has 7 nitrogen and oxygen atoms in total. The summed E-state index contributed by atoms with van der Waals surface area (Å²) < 4.78 is 6.24. The van der Waals surface area contributed by atoms with E-state index in [0.29, 0.717) is 23.8 Å². The van der Waals surface area contributed by atoms with Gasteiger partial charge in [0, 0.05) is 23.0 Å². The highest BCUT2D eigenvalue weighted by molar-refractivity contribution is 5.73. The van der Waals surface area contributed by atoms with Gasteiger partial charge in [0.1, 0.15) is 0 Å². The molecule has 0 aliphatic heterocycles. The molecule has 7 heteroatoms. The Hall–Kier alpha value is -2.44. The summed E-state index contributed by atoms with van der Waals surface area (Å²) >= 11 is 0. The fourth-order valence-electron chi connectivity index (χ4n) is 2.13. The predicted octanol–water partition coefficient (Wildman–Crippen LogP) is 0.850. The molecule has 0 bridgehead atoms. The van der Waals surface area contributed by atoms with E-state index in [9.17, 15) is 9.59 Å². The first-order valence-corrected chi connectivity index (χ1v) is 6.68. The number of carbonyl (C=O) groups excluding carboxylic acids is 1. The van der Waals surface area contributed by atoms with Crippen LogP contribution in [0.2, 0.25) is 0 Å². The standard InChI is InChI=1S/C14H18N4O3/c1-5-10-6-12(19)16-14(15-10)18-9(3)11(8(2)17-18)7-13(20)21-4/h6H,5,7H2,1-4H3,(H,15,16,19). The number of H-pyrrole nitrogens is 1. The van der Waals surface area contributed by atoms with E-state index in [-0.39, 0.29) is 17.9 Å². The van der Waals surface area contributed by atoms with Crippen molar-refractivity contribution >= 4 is 5.97 Å². The second-order valence-corrected chi connectivity index (χ2v) is 4.73. The van der Waals surface area contributed by atoms with Gasteiger partial charge in [0.05, 0.1) is 19.2 Å². The number of nitrogens with one attached hydrogen (secondary N) is 1. The minimum absolute atomic E-state index is 0.145. The minimum atomic E-state index is -0.329. The van der Waals surface area contributed by atoms with Crippen LogP contribution >= 0.6 is 0 Å². The highest BCUT2D eigenvalue weighted by atomic mass is 16.5. The Kier molecular flexibility index (Phi) is 4.21. The van der Waals surface area contributed by atoms with E-state index in [1.54, 1.807) is 4.68 Å². The average molecular weight is 290 g/mol. The van der Waals surface area contributed by atoms with Crippen LogP contribution in [-0.4, -0.2) is 32.8 Å². The molecule has 2 rings (SSSR count). The predicted molar refractivity (Wildman–Crippen MR) is 76.6 cm³/mol. The molecule has 112 valence electrons. The fraction of sp³-hybridized carbons (Fsp3) is 0.429. The zero-order chi connectivity index (χ0) is 15.6. The lowest BCUT2D eigenvalue weighted by atomic mass is 10.1. The maximum Gasteiger partial charge on any atom is 0.310 e. The van der Waals surface area contributed by atoms with E-state index < -0.39 is 0 Å². The van der Waals surface area contributed by atoms with Crippen LogP contribution in [0.25, 0.3) is 5.95 Å². The van der Waals surface area contributed by atoms with Crippen LogP contribution in [0.4, 0.5) is 0 Å². The molecule has 0 saturated heterocycles. The zero-order valence-electron chi connectivity index (χ0n) is 12.6. The Bertz CT molecular complexity index is 730. The number of carbonyl (C=O) groups is 1. The molecular formula is C14H18N4O3. The van der Waals surface area contributed by atoms with Crippen molar-refractivity contribution in [2.75, 3.05) is 7.11 Å². The number of aromatic amines is 1. The van der Waals surface area contributed by atoms with Crippen molar-refractivity contribution in [1.82, 2.24) is 19.7 Å². The van der Waals surface area contributed by atoms with Gasteiger partial charge in [-0.2, -0.15) is 5.10 Å². The third-order valence-corrected chi connectivity index (χ3v) is 3.34. The molecule has 0 atom stereocenters. The zero-order valence-corrected chi connectivity index (χ0v) is 12.6. The van der Waals surface area contributed by atoms with Gasteiger partial charge in [-0.3, -0.25) is 14.6 Å². The number of aromatic nitrogens is 4. The summed E-state index contributed by atoms with van der Waals surface area (Å²) in [7, 11) is 1.35. The van der Waals surface area contributed by atoms with Crippen LogP contribution < -0.4 is 5.56 Å². The maximum absolute atomic E-state index is 11.7. The van der Waals surface area contributed by atoms with Gasteiger partial charge in [0.2, 0.25) is 5.95 Å². The number of hydrogen-bond donors (Lipinski definition) is 1. The third kappa shape index (κ3) is 3.01.